The standard InChI is InChI=1S/C13H13F5N4O2S/c1-21(7-11-20-4-5-22(11)12(14)15)10-3-2-8(25(19,23)24)6-9(10)13(16,17)18/h2-6,12H,7H2,1H3,(H2,19,23,24). The summed E-state index contributed by atoms with van der Waals surface area (Å²) in [4.78, 5) is 4.03. The average molecular weight is 384 g/mol. The molecule has 2 rings (SSSR count). The number of hydrogen-bond donors (Lipinski definition) is 1. The third kappa shape index (κ3) is 4.25. The highest BCUT2D eigenvalue weighted by atomic mass is 32.2. The summed E-state index contributed by atoms with van der Waals surface area (Å²) >= 11 is 0. The fourth-order valence-corrected chi connectivity index (χ4v) is 2.73. The van der Waals surface area contributed by atoms with Crippen molar-refractivity contribution in [2.45, 2.75) is 24.2 Å². The topological polar surface area (TPSA) is 81.2 Å². The normalized spacial score (nSPS) is 12.6. The van der Waals surface area contributed by atoms with Gasteiger partial charge in [0, 0.05) is 25.1 Å². The smallest absolute Gasteiger partial charge is 0.367 e. The van der Waals surface area contributed by atoms with Crippen molar-refractivity contribution in [1.82, 2.24) is 9.55 Å². The van der Waals surface area contributed by atoms with Crippen LogP contribution in [-0.4, -0.2) is 25.0 Å². The molecule has 1 heterocycles. The maximum atomic E-state index is 13.3. The average Bonchev–Trinajstić information content (AvgIpc) is 2.93. The molecule has 0 saturated carbocycles. The third-order valence-electron chi connectivity index (χ3n) is 3.35. The molecule has 0 radical (unpaired) electrons. The first-order valence-electron chi connectivity index (χ1n) is 6.66. The summed E-state index contributed by atoms with van der Waals surface area (Å²) in [5.74, 6) is -0.152. The molecule has 0 aliphatic rings. The molecule has 12 heteroatoms. The number of halogens is 5. The fourth-order valence-electron chi connectivity index (χ4n) is 2.19. The van der Waals surface area contributed by atoms with Gasteiger partial charge in [0.05, 0.1) is 17.0 Å². The summed E-state index contributed by atoms with van der Waals surface area (Å²) in [7, 11) is -3.09. The Morgan fingerprint density at radius 1 is 1.32 bits per heavy atom. The third-order valence-corrected chi connectivity index (χ3v) is 4.26. The van der Waals surface area contributed by atoms with Crippen LogP contribution in [0.3, 0.4) is 0 Å². The van der Waals surface area contributed by atoms with E-state index < -0.39 is 38.9 Å². The van der Waals surface area contributed by atoms with Gasteiger partial charge < -0.3 is 4.90 Å². The number of nitrogens with two attached hydrogens (primary N) is 1. The molecule has 0 unspecified atom stereocenters. The number of hydrogen-bond acceptors (Lipinski definition) is 4. The summed E-state index contributed by atoms with van der Waals surface area (Å²) in [6.07, 6.45) is -2.77. The number of benzene rings is 1. The van der Waals surface area contributed by atoms with Crippen molar-refractivity contribution in [1.29, 1.82) is 0 Å². The first-order valence-corrected chi connectivity index (χ1v) is 8.21. The van der Waals surface area contributed by atoms with E-state index in [0.717, 1.165) is 29.4 Å². The van der Waals surface area contributed by atoms with E-state index in [2.05, 4.69) is 4.98 Å². The van der Waals surface area contributed by atoms with Crippen LogP contribution in [-0.2, 0) is 22.7 Å². The van der Waals surface area contributed by atoms with Gasteiger partial charge in [-0.3, -0.25) is 4.57 Å². The molecule has 1 aromatic heterocycles. The Morgan fingerprint density at radius 2 is 1.96 bits per heavy atom. The lowest BCUT2D eigenvalue weighted by molar-refractivity contribution is -0.137. The van der Waals surface area contributed by atoms with Crippen LogP contribution in [0.5, 0.6) is 0 Å². The first kappa shape index (κ1) is 19.1. The summed E-state index contributed by atoms with van der Waals surface area (Å²) in [6, 6.07) is 2.23. The minimum absolute atomic E-state index is 0.152. The van der Waals surface area contributed by atoms with Gasteiger partial charge in [0.15, 0.2) is 0 Å². The monoisotopic (exact) mass is 384 g/mol. The van der Waals surface area contributed by atoms with Crippen LogP contribution < -0.4 is 10.0 Å². The number of anilines is 1. The van der Waals surface area contributed by atoms with E-state index >= 15 is 0 Å². The Balaban J connectivity index is 2.45. The molecule has 138 valence electrons. The van der Waals surface area contributed by atoms with Crippen LogP contribution >= 0.6 is 0 Å². The largest absolute Gasteiger partial charge is 0.418 e. The second-order valence-corrected chi connectivity index (χ2v) is 6.67. The molecule has 0 saturated heterocycles. The maximum Gasteiger partial charge on any atom is 0.418 e. The predicted molar refractivity (Wildman–Crippen MR) is 78.4 cm³/mol. The molecule has 2 N–H and O–H groups in total. The summed E-state index contributed by atoms with van der Waals surface area (Å²) < 4.78 is 88.5. The molecule has 0 atom stereocenters. The van der Waals surface area contributed by atoms with Crippen LogP contribution in [0.2, 0.25) is 0 Å². The zero-order valence-electron chi connectivity index (χ0n) is 12.7. The lowest BCUT2D eigenvalue weighted by atomic mass is 10.1. The van der Waals surface area contributed by atoms with Crippen molar-refractivity contribution in [3.05, 3.63) is 42.0 Å². The highest BCUT2D eigenvalue weighted by molar-refractivity contribution is 7.89. The quantitative estimate of drug-likeness (QED) is 0.804. The fraction of sp³-hybridized carbons (Fsp3) is 0.308. The molecule has 0 fully saturated rings. The number of sulfonamides is 1. The molecule has 0 aliphatic carbocycles. The molecule has 6 nitrogen and oxygen atoms in total. The van der Waals surface area contributed by atoms with E-state index in [1.807, 2.05) is 0 Å². The number of imidazole rings is 1. The van der Waals surface area contributed by atoms with Gasteiger partial charge in [-0.15, -0.1) is 0 Å². The maximum absolute atomic E-state index is 13.3. The van der Waals surface area contributed by atoms with Gasteiger partial charge in [-0.05, 0) is 18.2 Å². The number of alkyl halides is 5. The van der Waals surface area contributed by atoms with Crippen molar-refractivity contribution in [3.63, 3.8) is 0 Å². The molecule has 0 amide bonds. The molecular weight excluding hydrogens is 371 g/mol. The van der Waals surface area contributed by atoms with Crippen molar-refractivity contribution in [3.8, 4) is 0 Å². The van der Waals surface area contributed by atoms with Crippen molar-refractivity contribution in [2.24, 2.45) is 5.14 Å². The highest BCUT2D eigenvalue weighted by Crippen LogP contribution is 2.38. The van der Waals surface area contributed by atoms with Crippen LogP contribution in [0.1, 0.15) is 17.9 Å². The number of rotatable bonds is 5. The Kier molecular flexibility index (Phi) is 5.04. The predicted octanol–water partition coefficient (Wildman–Crippen LogP) is 2.58. The van der Waals surface area contributed by atoms with Gasteiger partial charge in [-0.1, -0.05) is 0 Å². The molecule has 2 aromatic rings. The van der Waals surface area contributed by atoms with Crippen LogP contribution in [0.4, 0.5) is 27.6 Å². The SMILES string of the molecule is CN(Cc1nccn1C(F)F)c1ccc(S(N)(=O)=O)cc1C(F)(F)F. The Bertz CT molecular complexity index is 864. The lowest BCUT2D eigenvalue weighted by Gasteiger charge is -2.24. The summed E-state index contributed by atoms with van der Waals surface area (Å²) in [6.45, 7) is -3.24. The van der Waals surface area contributed by atoms with Gasteiger partial charge in [-0.25, -0.2) is 18.5 Å². The molecule has 25 heavy (non-hydrogen) atoms. The Hall–Kier alpha value is -2.21. The van der Waals surface area contributed by atoms with Gasteiger partial charge >= 0.3 is 12.7 Å². The van der Waals surface area contributed by atoms with Crippen LogP contribution in [0.15, 0.2) is 35.5 Å². The molecular formula is C13H13F5N4O2S. The van der Waals surface area contributed by atoms with Crippen molar-refractivity contribution < 1.29 is 30.4 Å². The Morgan fingerprint density at radius 3 is 2.48 bits per heavy atom. The summed E-state index contributed by atoms with van der Waals surface area (Å²) in [5.41, 5.74) is -1.65. The van der Waals surface area contributed by atoms with E-state index in [9.17, 15) is 30.4 Å². The number of primary sulfonamides is 1. The first-order chi connectivity index (χ1) is 11.4. The van der Waals surface area contributed by atoms with Crippen LogP contribution in [0.25, 0.3) is 0 Å². The van der Waals surface area contributed by atoms with Gasteiger partial charge in [-0.2, -0.15) is 22.0 Å². The zero-order valence-corrected chi connectivity index (χ0v) is 13.5. The second-order valence-electron chi connectivity index (χ2n) is 5.11. The molecule has 0 spiro atoms. The van der Waals surface area contributed by atoms with E-state index in [1.165, 1.54) is 7.05 Å². The molecule has 0 aliphatic heterocycles. The van der Waals surface area contributed by atoms with Gasteiger partial charge in [0.1, 0.15) is 5.82 Å². The number of aromatic nitrogens is 2. The minimum atomic E-state index is -4.87. The number of nitrogens with zero attached hydrogens (tertiary/aromatic N) is 3. The van der Waals surface area contributed by atoms with Crippen LogP contribution in [0, 0.1) is 0 Å². The minimum Gasteiger partial charge on any atom is -0.367 e. The summed E-state index contributed by atoms with van der Waals surface area (Å²) in [5, 5.41) is 4.85. The zero-order chi connectivity index (χ0) is 19.0. The highest BCUT2D eigenvalue weighted by Gasteiger charge is 2.35. The van der Waals surface area contributed by atoms with Gasteiger partial charge in [0.25, 0.3) is 0 Å². The van der Waals surface area contributed by atoms with E-state index in [1.54, 1.807) is 0 Å². The molecule has 1 aromatic carbocycles. The second kappa shape index (κ2) is 6.59. The van der Waals surface area contributed by atoms with Crippen molar-refractivity contribution >= 4 is 15.7 Å². The van der Waals surface area contributed by atoms with E-state index in [0.29, 0.717) is 10.6 Å². The Labute approximate surface area is 139 Å². The lowest BCUT2D eigenvalue weighted by Crippen LogP contribution is -2.24. The van der Waals surface area contributed by atoms with E-state index in [4.69, 9.17) is 5.14 Å². The van der Waals surface area contributed by atoms with E-state index in [-0.39, 0.29) is 12.4 Å². The molecule has 0 bridgehead atoms. The van der Waals surface area contributed by atoms with Gasteiger partial charge in [0.2, 0.25) is 10.0 Å². The van der Waals surface area contributed by atoms with Crippen molar-refractivity contribution in [2.75, 3.05) is 11.9 Å².